The van der Waals surface area contributed by atoms with Crippen LogP contribution < -0.4 is 10.6 Å². The van der Waals surface area contributed by atoms with E-state index in [0.717, 1.165) is 12.0 Å². The van der Waals surface area contributed by atoms with E-state index in [2.05, 4.69) is 10.6 Å². The van der Waals surface area contributed by atoms with E-state index < -0.39 is 12.1 Å². The lowest BCUT2D eigenvalue weighted by Crippen LogP contribution is -2.51. The van der Waals surface area contributed by atoms with Crippen molar-refractivity contribution in [2.24, 2.45) is 0 Å². The maximum atomic E-state index is 12.4. The van der Waals surface area contributed by atoms with Gasteiger partial charge in [0.2, 0.25) is 11.8 Å². The number of rotatable bonds is 8. The lowest BCUT2D eigenvalue weighted by Gasteiger charge is -2.21. The van der Waals surface area contributed by atoms with Gasteiger partial charge in [-0.3, -0.25) is 14.4 Å². The quantitative estimate of drug-likeness (QED) is 0.766. The van der Waals surface area contributed by atoms with E-state index >= 15 is 0 Å². The average Bonchev–Trinajstić information content (AvgIpc) is 2.46. The van der Waals surface area contributed by atoms with Crippen molar-refractivity contribution in [1.29, 1.82) is 0 Å². The molecular weight excluding hydrogens is 280 g/mol. The maximum Gasteiger partial charge on any atom is 0.243 e. The molecule has 0 heterocycles. The van der Waals surface area contributed by atoms with Gasteiger partial charge in [0.1, 0.15) is 6.04 Å². The lowest BCUT2D eigenvalue weighted by molar-refractivity contribution is -0.130. The Kier molecular flexibility index (Phi) is 7.29. The van der Waals surface area contributed by atoms with Gasteiger partial charge >= 0.3 is 0 Å². The fraction of sp³-hybridized carbons (Fsp3) is 0.471. The highest BCUT2D eigenvalue weighted by atomic mass is 16.2. The van der Waals surface area contributed by atoms with E-state index in [0.29, 0.717) is 12.8 Å². The summed E-state index contributed by atoms with van der Waals surface area (Å²) < 4.78 is 0. The highest BCUT2D eigenvalue weighted by Gasteiger charge is 2.24. The molecule has 0 saturated heterocycles. The van der Waals surface area contributed by atoms with Crippen molar-refractivity contribution in [3.8, 4) is 0 Å². The Morgan fingerprint density at radius 2 is 1.64 bits per heavy atom. The van der Waals surface area contributed by atoms with Crippen LogP contribution in [-0.4, -0.2) is 29.7 Å². The minimum Gasteiger partial charge on any atom is -0.345 e. The maximum absolute atomic E-state index is 12.4. The Hall–Kier alpha value is -2.17. The van der Waals surface area contributed by atoms with Crippen molar-refractivity contribution in [2.75, 3.05) is 0 Å². The second-order valence-corrected chi connectivity index (χ2v) is 5.40. The molecule has 22 heavy (non-hydrogen) atoms. The Morgan fingerprint density at radius 1 is 1.00 bits per heavy atom. The van der Waals surface area contributed by atoms with Crippen molar-refractivity contribution < 1.29 is 14.4 Å². The smallest absolute Gasteiger partial charge is 0.243 e. The molecule has 0 fully saturated rings. The van der Waals surface area contributed by atoms with Crippen LogP contribution in [0, 0.1) is 0 Å². The van der Waals surface area contributed by atoms with Gasteiger partial charge in [0.05, 0.1) is 6.04 Å². The molecule has 5 nitrogen and oxygen atoms in total. The summed E-state index contributed by atoms with van der Waals surface area (Å²) in [6.07, 6.45) is 1.79. The van der Waals surface area contributed by atoms with Crippen LogP contribution in [0.4, 0.5) is 0 Å². The molecule has 1 rings (SSSR count). The summed E-state index contributed by atoms with van der Waals surface area (Å²) in [7, 11) is 0. The first-order valence-corrected chi connectivity index (χ1v) is 7.55. The van der Waals surface area contributed by atoms with Crippen molar-refractivity contribution in [3.05, 3.63) is 35.9 Å². The van der Waals surface area contributed by atoms with Gasteiger partial charge in [0.25, 0.3) is 0 Å². The molecule has 5 heteroatoms. The highest BCUT2D eigenvalue weighted by molar-refractivity contribution is 5.91. The number of carbonyl (C=O) groups is 3. The van der Waals surface area contributed by atoms with E-state index in [1.54, 1.807) is 0 Å². The zero-order valence-electron chi connectivity index (χ0n) is 13.4. The summed E-state index contributed by atoms with van der Waals surface area (Å²) in [5, 5.41) is 5.39. The number of carbonyl (C=O) groups excluding carboxylic acids is 3. The standard InChI is InChI=1S/C17H24N2O3/c1-4-8-15(12(2)20)19-17(22)16(18-13(3)21)11-14-9-6-5-7-10-14/h5-7,9-10,15-16H,4,8,11H2,1-3H3,(H,18,21)(H,19,22)/t15?,16-/m0/s1. The molecule has 2 atom stereocenters. The van der Waals surface area contributed by atoms with Crippen molar-refractivity contribution >= 4 is 17.6 Å². The zero-order valence-corrected chi connectivity index (χ0v) is 13.4. The van der Waals surface area contributed by atoms with Gasteiger partial charge in [-0.05, 0) is 18.9 Å². The molecular formula is C17H24N2O3. The predicted octanol–water partition coefficient (Wildman–Crippen LogP) is 1.61. The molecule has 1 aromatic carbocycles. The summed E-state index contributed by atoms with van der Waals surface area (Å²) in [4.78, 5) is 35.3. The average molecular weight is 304 g/mol. The first kappa shape index (κ1) is 17.9. The predicted molar refractivity (Wildman–Crippen MR) is 85.3 cm³/mol. The largest absolute Gasteiger partial charge is 0.345 e. The van der Waals surface area contributed by atoms with Gasteiger partial charge in [0, 0.05) is 13.3 Å². The van der Waals surface area contributed by atoms with Crippen LogP contribution in [0.3, 0.4) is 0 Å². The van der Waals surface area contributed by atoms with Crippen LogP contribution in [0.25, 0.3) is 0 Å². The number of hydrogen-bond donors (Lipinski definition) is 2. The third-order valence-electron chi connectivity index (χ3n) is 3.36. The van der Waals surface area contributed by atoms with Crippen molar-refractivity contribution in [1.82, 2.24) is 10.6 Å². The minimum absolute atomic E-state index is 0.0727. The third kappa shape index (κ3) is 6.08. The number of amides is 2. The molecule has 0 bridgehead atoms. The topological polar surface area (TPSA) is 75.3 Å². The molecule has 120 valence electrons. The van der Waals surface area contributed by atoms with Gasteiger partial charge < -0.3 is 10.6 Å². The summed E-state index contributed by atoms with van der Waals surface area (Å²) in [6.45, 7) is 4.79. The summed E-state index contributed by atoms with van der Waals surface area (Å²) in [6, 6.07) is 8.28. The highest BCUT2D eigenvalue weighted by Crippen LogP contribution is 2.05. The SMILES string of the molecule is CCCC(NC(=O)[C@H](Cc1ccccc1)NC(C)=O)C(C)=O. The van der Waals surface area contributed by atoms with E-state index in [1.165, 1.54) is 13.8 Å². The Morgan fingerprint density at radius 3 is 2.14 bits per heavy atom. The fourth-order valence-corrected chi connectivity index (χ4v) is 2.24. The van der Waals surface area contributed by atoms with Crippen molar-refractivity contribution in [2.45, 2.75) is 52.1 Å². The first-order chi connectivity index (χ1) is 10.4. The van der Waals surface area contributed by atoms with Gasteiger partial charge in [-0.25, -0.2) is 0 Å². The molecule has 0 aliphatic rings. The van der Waals surface area contributed by atoms with Crippen molar-refractivity contribution in [3.63, 3.8) is 0 Å². The molecule has 0 aliphatic carbocycles. The van der Waals surface area contributed by atoms with E-state index in [-0.39, 0.29) is 17.6 Å². The molecule has 0 aliphatic heterocycles. The second-order valence-electron chi connectivity index (χ2n) is 5.40. The number of ketones is 1. The number of Topliss-reactive ketones (excluding diaryl/α,β-unsaturated/α-hetero) is 1. The minimum atomic E-state index is -0.682. The van der Waals surface area contributed by atoms with Gasteiger partial charge in [-0.1, -0.05) is 43.7 Å². The van der Waals surface area contributed by atoms with Crippen LogP contribution in [0.15, 0.2) is 30.3 Å². The van der Waals surface area contributed by atoms with E-state index in [9.17, 15) is 14.4 Å². The normalized spacial score (nSPS) is 13.0. The molecule has 0 spiro atoms. The number of nitrogens with one attached hydrogen (secondary N) is 2. The molecule has 0 saturated carbocycles. The molecule has 1 aromatic rings. The zero-order chi connectivity index (χ0) is 16.5. The molecule has 0 aromatic heterocycles. The first-order valence-electron chi connectivity index (χ1n) is 7.55. The Labute approximate surface area is 131 Å². The molecule has 2 N–H and O–H groups in total. The van der Waals surface area contributed by atoms with Crippen LogP contribution in [0.5, 0.6) is 0 Å². The summed E-state index contributed by atoms with van der Waals surface area (Å²) in [5.74, 6) is -0.671. The van der Waals surface area contributed by atoms with Gasteiger partial charge in [0.15, 0.2) is 5.78 Å². The second kappa shape index (κ2) is 8.97. The number of hydrogen-bond acceptors (Lipinski definition) is 3. The summed E-state index contributed by atoms with van der Waals surface area (Å²) in [5.41, 5.74) is 0.950. The molecule has 0 radical (unpaired) electrons. The van der Waals surface area contributed by atoms with Crippen LogP contribution in [0.1, 0.15) is 39.2 Å². The lowest BCUT2D eigenvalue weighted by atomic mass is 10.0. The summed E-state index contributed by atoms with van der Waals surface area (Å²) >= 11 is 0. The van der Waals surface area contributed by atoms with Crippen LogP contribution in [0.2, 0.25) is 0 Å². The third-order valence-corrected chi connectivity index (χ3v) is 3.36. The molecule has 1 unspecified atom stereocenters. The molecule has 2 amide bonds. The van der Waals surface area contributed by atoms with Crippen LogP contribution >= 0.6 is 0 Å². The monoisotopic (exact) mass is 304 g/mol. The Balaban J connectivity index is 2.79. The fourth-order valence-electron chi connectivity index (χ4n) is 2.24. The van der Waals surface area contributed by atoms with E-state index in [1.807, 2.05) is 37.3 Å². The van der Waals surface area contributed by atoms with E-state index in [4.69, 9.17) is 0 Å². The Bertz CT molecular complexity index is 514. The van der Waals surface area contributed by atoms with Crippen LogP contribution in [-0.2, 0) is 20.8 Å². The van der Waals surface area contributed by atoms with Gasteiger partial charge in [-0.2, -0.15) is 0 Å². The van der Waals surface area contributed by atoms with Gasteiger partial charge in [-0.15, -0.1) is 0 Å². The number of benzene rings is 1.